The zero-order chi connectivity index (χ0) is 25.5. The van der Waals surface area contributed by atoms with E-state index in [2.05, 4.69) is 42.2 Å². The average Bonchev–Trinajstić information content (AvgIpc) is 3.73. The number of nitrogens with zero attached hydrogens (tertiary/aromatic N) is 3. The number of anilines is 3. The van der Waals surface area contributed by atoms with Gasteiger partial charge in [0.1, 0.15) is 6.17 Å². The maximum Gasteiger partial charge on any atom is 0.227 e. The number of fused-ring (bicyclic) bond motifs is 2. The Kier molecular flexibility index (Phi) is 5.53. The first-order valence-corrected chi connectivity index (χ1v) is 13.0. The van der Waals surface area contributed by atoms with Crippen molar-refractivity contribution < 1.29 is 9.21 Å². The van der Waals surface area contributed by atoms with Gasteiger partial charge in [0.05, 0.1) is 53.2 Å². The highest BCUT2D eigenvalue weighted by Gasteiger charge is 2.27. The predicted octanol–water partition coefficient (Wildman–Crippen LogP) is 6.33. The maximum atomic E-state index is 12.8. The van der Waals surface area contributed by atoms with E-state index in [0.29, 0.717) is 0 Å². The largest absolute Gasteiger partial charge is 0.472 e. The number of carbonyl (C=O) groups excluding carboxylic acids is 1. The van der Waals surface area contributed by atoms with Crippen LogP contribution in [-0.4, -0.2) is 26.1 Å². The van der Waals surface area contributed by atoms with Gasteiger partial charge in [-0.1, -0.05) is 25.3 Å². The van der Waals surface area contributed by atoms with Gasteiger partial charge < -0.3 is 20.4 Å². The summed E-state index contributed by atoms with van der Waals surface area (Å²) in [5, 5.41) is 18.9. The van der Waals surface area contributed by atoms with Crippen LogP contribution in [0.5, 0.6) is 0 Å². The smallest absolute Gasteiger partial charge is 0.227 e. The molecule has 1 aliphatic heterocycles. The van der Waals surface area contributed by atoms with Crippen molar-refractivity contribution in [1.82, 2.24) is 20.2 Å². The van der Waals surface area contributed by atoms with E-state index in [1.165, 1.54) is 6.42 Å². The van der Waals surface area contributed by atoms with Gasteiger partial charge in [-0.15, -0.1) is 0 Å². The van der Waals surface area contributed by atoms with E-state index < -0.39 is 0 Å². The topological polar surface area (TPSA) is 121 Å². The first-order chi connectivity index (χ1) is 18.7. The average molecular weight is 506 g/mol. The zero-order valence-electron chi connectivity index (χ0n) is 20.7. The minimum absolute atomic E-state index is 0.0944. The molecule has 190 valence electrons. The molecule has 4 N–H and O–H groups in total. The second-order valence-corrected chi connectivity index (χ2v) is 10.00. The lowest BCUT2D eigenvalue weighted by Gasteiger charge is -2.20. The number of furan rings is 1. The Morgan fingerprint density at radius 2 is 1.82 bits per heavy atom. The number of hydrogen-bond donors (Lipinski definition) is 4. The van der Waals surface area contributed by atoms with E-state index in [1.807, 2.05) is 42.9 Å². The monoisotopic (exact) mass is 505 g/mol. The molecule has 5 aromatic rings. The number of nitrogens with one attached hydrogen (secondary N) is 4. The van der Waals surface area contributed by atoms with Gasteiger partial charge in [0, 0.05) is 40.4 Å². The molecule has 0 saturated heterocycles. The van der Waals surface area contributed by atoms with Crippen molar-refractivity contribution in [3.8, 4) is 22.3 Å². The molecule has 38 heavy (non-hydrogen) atoms. The molecular weight excluding hydrogens is 478 g/mol. The molecule has 1 aromatic carbocycles. The van der Waals surface area contributed by atoms with Crippen LogP contribution in [0.2, 0.25) is 0 Å². The van der Waals surface area contributed by atoms with Gasteiger partial charge in [-0.25, -0.2) is 0 Å². The fourth-order valence-electron chi connectivity index (χ4n) is 5.55. The molecule has 2 aliphatic rings. The lowest BCUT2D eigenvalue weighted by molar-refractivity contribution is -0.120. The Bertz CT molecular complexity index is 1620. The fourth-order valence-corrected chi connectivity index (χ4v) is 5.55. The first kappa shape index (κ1) is 22.5. The Labute approximate surface area is 219 Å². The molecule has 0 spiro atoms. The number of hydrogen-bond acceptors (Lipinski definition) is 7. The quantitative estimate of drug-likeness (QED) is 0.220. The molecule has 7 rings (SSSR count). The van der Waals surface area contributed by atoms with Crippen molar-refractivity contribution in [2.75, 3.05) is 16.0 Å². The van der Waals surface area contributed by atoms with E-state index >= 15 is 0 Å². The zero-order valence-corrected chi connectivity index (χ0v) is 20.7. The van der Waals surface area contributed by atoms with Crippen molar-refractivity contribution in [3.05, 3.63) is 73.3 Å². The van der Waals surface area contributed by atoms with Crippen LogP contribution in [0.1, 0.15) is 44.0 Å². The standard InChI is InChI=1S/C29H27N7O2/c37-29(17-4-2-1-3-5-17)32-21-10-20(12-30-13-21)18-6-7-24-22(11-18)27(36-35-24)28-33-25-15-31-14-23(26(25)34-28)19-8-9-38-16-19/h6-17,28,33-34H,1-5H2,(H,32,37)(H,35,36). The van der Waals surface area contributed by atoms with Gasteiger partial charge in [-0.05, 0) is 42.7 Å². The van der Waals surface area contributed by atoms with E-state index in [9.17, 15) is 4.79 Å². The lowest BCUT2D eigenvalue weighted by atomic mass is 9.88. The van der Waals surface area contributed by atoms with Crippen LogP contribution in [-0.2, 0) is 4.79 Å². The number of carbonyl (C=O) groups is 1. The second kappa shape index (κ2) is 9.33. The number of H-pyrrole nitrogens is 1. The highest BCUT2D eigenvalue weighted by atomic mass is 16.3. The summed E-state index contributed by atoms with van der Waals surface area (Å²) in [6.07, 6.45) is 15.7. The predicted molar refractivity (Wildman–Crippen MR) is 146 cm³/mol. The number of pyridine rings is 2. The van der Waals surface area contributed by atoms with Crippen LogP contribution in [0, 0.1) is 5.92 Å². The molecule has 5 heterocycles. The van der Waals surface area contributed by atoms with Crippen molar-refractivity contribution >= 4 is 33.9 Å². The van der Waals surface area contributed by atoms with Crippen LogP contribution in [0.15, 0.2) is 72.1 Å². The summed E-state index contributed by atoms with van der Waals surface area (Å²) < 4.78 is 5.28. The molecule has 1 amide bonds. The molecule has 9 nitrogen and oxygen atoms in total. The molecule has 1 saturated carbocycles. The number of rotatable bonds is 5. The molecule has 4 aromatic heterocycles. The van der Waals surface area contributed by atoms with Crippen LogP contribution in [0.3, 0.4) is 0 Å². The third-order valence-corrected chi connectivity index (χ3v) is 7.55. The highest BCUT2D eigenvalue weighted by Crippen LogP contribution is 2.42. The molecule has 1 unspecified atom stereocenters. The normalized spacial score (nSPS) is 17.1. The minimum Gasteiger partial charge on any atom is -0.472 e. The van der Waals surface area contributed by atoms with Gasteiger partial charge in [0.25, 0.3) is 0 Å². The Hall–Kier alpha value is -4.66. The van der Waals surface area contributed by atoms with Crippen molar-refractivity contribution in [2.45, 2.75) is 38.3 Å². The van der Waals surface area contributed by atoms with Crippen molar-refractivity contribution in [1.29, 1.82) is 0 Å². The van der Waals surface area contributed by atoms with Gasteiger partial charge in [-0.2, -0.15) is 5.10 Å². The van der Waals surface area contributed by atoms with Gasteiger partial charge >= 0.3 is 0 Å². The van der Waals surface area contributed by atoms with E-state index in [1.54, 1.807) is 18.7 Å². The summed E-state index contributed by atoms with van der Waals surface area (Å²) in [6, 6.07) is 10.0. The van der Waals surface area contributed by atoms with Gasteiger partial charge in [0.15, 0.2) is 0 Å². The second-order valence-electron chi connectivity index (χ2n) is 10.00. The SMILES string of the molecule is O=C(Nc1cncc(-c2ccc3n[nH]c(C4Nc5cncc(-c6ccoc6)c5N4)c3c2)c1)C1CCCCC1. The van der Waals surface area contributed by atoms with Crippen LogP contribution in [0.4, 0.5) is 17.1 Å². The summed E-state index contributed by atoms with van der Waals surface area (Å²) in [5.41, 5.74) is 8.25. The third kappa shape index (κ3) is 4.06. The van der Waals surface area contributed by atoms with E-state index in [-0.39, 0.29) is 18.0 Å². The Morgan fingerprint density at radius 1 is 0.921 bits per heavy atom. The molecule has 1 aliphatic carbocycles. The number of benzene rings is 1. The molecule has 1 atom stereocenters. The summed E-state index contributed by atoms with van der Waals surface area (Å²) >= 11 is 0. The highest BCUT2D eigenvalue weighted by molar-refractivity contribution is 5.94. The van der Waals surface area contributed by atoms with E-state index in [0.717, 1.165) is 81.6 Å². The summed E-state index contributed by atoms with van der Waals surface area (Å²) in [6.45, 7) is 0. The van der Waals surface area contributed by atoms with Crippen LogP contribution < -0.4 is 16.0 Å². The molecule has 9 heteroatoms. The molecule has 0 bridgehead atoms. The number of amides is 1. The minimum atomic E-state index is -0.209. The van der Waals surface area contributed by atoms with Crippen LogP contribution >= 0.6 is 0 Å². The summed E-state index contributed by atoms with van der Waals surface area (Å²) in [7, 11) is 0. The van der Waals surface area contributed by atoms with Crippen molar-refractivity contribution in [2.24, 2.45) is 5.92 Å². The van der Waals surface area contributed by atoms with E-state index in [4.69, 9.17) is 4.42 Å². The number of aromatic amines is 1. The Morgan fingerprint density at radius 3 is 2.68 bits per heavy atom. The molecule has 0 radical (unpaired) electrons. The van der Waals surface area contributed by atoms with Crippen molar-refractivity contribution in [3.63, 3.8) is 0 Å². The fraction of sp³-hybridized carbons (Fsp3) is 0.241. The maximum absolute atomic E-state index is 12.8. The summed E-state index contributed by atoms with van der Waals surface area (Å²) in [5.74, 6) is 0.190. The summed E-state index contributed by atoms with van der Waals surface area (Å²) in [4.78, 5) is 21.6. The lowest BCUT2D eigenvalue weighted by Crippen LogP contribution is -2.24. The Balaban J connectivity index is 1.16. The van der Waals surface area contributed by atoms with Crippen LogP contribution in [0.25, 0.3) is 33.2 Å². The number of aromatic nitrogens is 4. The molecular formula is C29H27N7O2. The molecule has 1 fully saturated rings. The van der Waals surface area contributed by atoms with Gasteiger partial charge in [-0.3, -0.25) is 19.9 Å². The van der Waals surface area contributed by atoms with Gasteiger partial charge in [0.2, 0.25) is 5.91 Å². The third-order valence-electron chi connectivity index (χ3n) is 7.55. The first-order valence-electron chi connectivity index (χ1n) is 13.0.